The van der Waals surface area contributed by atoms with Gasteiger partial charge in [-0.2, -0.15) is 0 Å². The van der Waals surface area contributed by atoms with Crippen LogP contribution in [0, 0.1) is 13.8 Å². The van der Waals surface area contributed by atoms with E-state index in [9.17, 15) is 5.11 Å². The van der Waals surface area contributed by atoms with Gasteiger partial charge < -0.3 is 14.6 Å². The molecule has 0 radical (unpaired) electrons. The Morgan fingerprint density at radius 3 is 2.56 bits per heavy atom. The van der Waals surface area contributed by atoms with Gasteiger partial charge in [0, 0.05) is 13.2 Å². The van der Waals surface area contributed by atoms with Crippen molar-refractivity contribution in [2.24, 2.45) is 0 Å². The van der Waals surface area contributed by atoms with Crippen LogP contribution >= 0.6 is 0 Å². The van der Waals surface area contributed by atoms with Crippen molar-refractivity contribution in [3.8, 4) is 5.75 Å². The number of ether oxygens (including phenoxy) is 2. The third-order valence-electron chi connectivity index (χ3n) is 3.11. The van der Waals surface area contributed by atoms with Gasteiger partial charge in [-0.25, -0.2) is 0 Å². The average molecular weight is 252 g/mol. The predicted molar refractivity (Wildman–Crippen MR) is 73.2 cm³/mol. The lowest BCUT2D eigenvalue weighted by molar-refractivity contribution is 0.114. The van der Waals surface area contributed by atoms with E-state index in [0.29, 0.717) is 6.61 Å². The van der Waals surface area contributed by atoms with Gasteiger partial charge in [-0.15, -0.1) is 0 Å². The van der Waals surface area contributed by atoms with Crippen LogP contribution in [0.5, 0.6) is 5.75 Å². The molecule has 102 valence electrons. The van der Waals surface area contributed by atoms with Crippen molar-refractivity contribution in [1.82, 2.24) is 0 Å². The number of aliphatic hydroxyl groups excluding tert-OH is 1. The maximum Gasteiger partial charge on any atom is 0.122 e. The van der Waals surface area contributed by atoms with Crippen molar-refractivity contribution in [1.29, 1.82) is 0 Å². The summed E-state index contributed by atoms with van der Waals surface area (Å²) >= 11 is 0. The molecule has 3 heteroatoms. The molecule has 0 aromatic heterocycles. The van der Waals surface area contributed by atoms with Crippen LogP contribution in [0.15, 0.2) is 12.1 Å². The number of benzene rings is 1. The maximum absolute atomic E-state index is 10.2. The quantitative estimate of drug-likeness (QED) is 0.758. The predicted octanol–water partition coefficient (Wildman–Crippen LogP) is 3.16. The summed E-state index contributed by atoms with van der Waals surface area (Å²) in [6.07, 6.45) is 1.18. The number of rotatable bonds is 7. The summed E-state index contributed by atoms with van der Waals surface area (Å²) in [7, 11) is 1.67. The summed E-state index contributed by atoms with van der Waals surface area (Å²) in [6.45, 7) is 7.42. The number of aliphatic hydroxyl groups is 1. The Balaban J connectivity index is 2.67. The summed E-state index contributed by atoms with van der Waals surface area (Å²) in [5, 5.41) is 10.2. The molecular formula is C15H24O3. The van der Waals surface area contributed by atoms with Gasteiger partial charge in [0.2, 0.25) is 0 Å². The molecular weight excluding hydrogens is 228 g/mol. The third-order valence-corrected chi connectivity index (χ3v) is 3.11. The molecule has 1 aromatic rings. The molecule has 0 heterocycles. The number of aryl methyl sites for hydroxylation is 2. The largest absolute Gasteiger partial charge is 0.496 e. The van der Waals surface area contributed by atoms with Crippen molar-refractivity contribution in [3.05, 3.63) is 28.8 Å². The van der Waals surface area contributed by atoms with E-state index in [1.54, 1.807) is 7.11 Å². The van der Waals surface area contributed by atoms with Crippen LogP contribution in [0.25, 0.3) is 0 Å². The molecule has 0 aliphatic heterocycles. The lowest BCUT2D eigenvalue weighted by atomic mass is 9.97. The molecule has 0 bridgehead atoms. The Morgan fingerprint density at radius 1 is 1.22 bits per heavy atom. The molecule has 1 rings (SSSR count). The molecule has 3 nitrogen and oxygen atoms in total. The van der Waals surface area contributed by atoms with Crippen molar-refractivity contribution in [3.63, 3.8) is 0 Å². The Kier molecular flexibility index (Phi) is 6.16. The first-order valence-corrected chi connectivity index (χ1v) is 6.51. The van der Waals surface area contributed by atoms with E-state index in [2.05, 4.69) is 0 Å². The summed E-state index contributed by atoms with van der Waals surface area (Å²) in [4.78, 5) is 0. The van der Waals surface area contributed by atoms with E-state index in [-0.39, 0.29) is 0 Å². The highest BCUT2D eigenvalue weighted by molar-refractivity contribution is 5.42. The minimum atomic E-state index is -0.421. The molecule has 0 fully saturated rings. The molecule has 0 aliphatic rings. The Labute approximate surface area is 110 Å². The highest BCUT2D eigenvalue weighted by atomic mass is 16.5. The van der Waals surface area contributed by atoms with E-state index in [0.717, 1.165) is 41.9 Å². The fourth-order valence-electron chi connectivity index (χ4n) is 2.07. The zero-order chi connectivity index (χ0) is 13.5. The number of hydrogen-bond acceptors (Lipinski definition) is 3. The third kappa shape index (κ3) is 4.00. The van der Waals surface area contributed by atoms with E-state index in [4.69, 9.17) is 9.47 Å². The van der Waals surface area contributed by atoms with Crippen molar-refractivity contribution < 1.29 is 14.6 Å². The van der Waals surface area contributed by atoms with Gasteiger partial charge in [-0.1, -0.05) is 0 Å². The van der Waals surface area contributed by atoms with Gasteiger partial charge in [-0.05, 0) is 62.4 Å². The molecule has 1 aromatic carbocycles. The van der Waals surface area contributed by atoms with Gasteiger partial charge >= 0.3 is 0 Å². The monoisotopic (exact) mass is 252 g/mol. The van der Waals surface area contributed by atoms with Crippen molar-refractivity contribution >= 4 is 0 Å². The van der Waals surface area contributed by atoms with Crippen molar-refractivity contribution in [2.75, 3.05) is 20.3 Å². The standard InChI is InChI=1S/C15H24O3/c1-5-18-8-6-7-14(16)13-9-12(3)15(17-4)10-11(13)2/h9-10,14,16H,5-8H2,1-4H3. The SMILES string of the molecule is CCOCCCC(O)c1cc(C)c(OC)cc1C. The maximum atomic E-state index is 10.2. The van der Waals surface area contributed by atoms with Crippen LogP contribution in [0.1, 0.15) is 42.6 Å². The summed E-state index contributed by atoms with van der Waals surface area (Å²) in [6, 6.07) is 4.00. The van der Waals surface area contributed by atoms with E-state index in [1.807, 2.05) is 32.9 Å². The Bertz CT molecular complexity index is 374. The van der Waals surface area contributed by atoms with Crippen LogP contribution in [-0.2, 0) is 4.74 Å². The molecule has 0 amide bonds. The van der Waals surface area contributed by atoms with Gasteiger partial charge in [0.1, 0.15) is 5.75 Å². The normalized spacial score (nSPS) is 12.5. The zero-order valence-corrected chi connectivity index (χ0v) is 11.8. The fourth-order valence-corrected chi connectivity index (χ4v) is 2.07. The average Bonchev–Trinajstić information content (AvgIpc) is 2.36. The lowest BCUT2D eigenvalue weighted by Crippen LogP contribution is -2.04. The summed E-state index contributed by atoms with van der Waals surface area (Å²) < 4.78 is 10.6. The smallest absolute Gasteiger partial charge is 0.122 e. The minimum absolute atomic E-state index is 0.421. The fraction of sp³-hybridized carbons (Fsp3) is 0.600. The first kappa shape index (κ1) is 15.0. The number of methoxy groups -OCH3 is 1. The van der Waals surface area contributed by atoms with E-state index < -0.39 is 6.10 Å². The van der Waals surface area contributed by atoms with Gasteiger partial charge in [-0.3, -0.25) is 0 Å². The van der Waals surface area contributed by atoms with Crippen molar-refractivity contribution in [2.45, 2.75) is 39.7 Å². The number of hydrogen-bond donors (Lipinski definition) is 1. The summed E-state index contributed by atoms with van der Waals surface area (Å²) in [5.41, 5.74) is 3.12. The molecule has 0 saturated heterocycles. The van der Waals surface area contributed by atoms with Crippen LogP contribution < -0.4 is 4.74 Å². The van der Waals surface area contributed by atoms with Crippen LogP contribution in [0.4, 0.5) is 0 Å². The molecule has 18 heavy (non-hydrogen) atoms. The molecule has 1 atom stereocenters. The Hall–Kier alpha value is -1.06. The molecule has 0 saturated carbocycles. The zero-order valence-electron chi connectivity index (χ0n) is 11.8. The molecule has 0 spiro atoms. The molecule has 0 aliphatic carbocycles. The van der Waals surface area contributed by atoms with Gasteiger partial charge in [0.25, 0.3) is 0 Å². The van der Waals surface area contributed by atoms with Crippen LogP contribution in [0.3, 0.4) is 0 Å². The Morgan fingerprint density at radius 2 is 1.94 bits per heavy atom. The summed E-state index contributed by atoms with van der Waals surface area (Å²) in [5.74, 6) is 0.873. The second kappa shape index (κ2) is 7.39. The van der Waals surface area contributed by atoms with Gasteiger partial charge in [0.05, 0.1) is 13.2 Å². The van der Waals surface area contributed by atoms with E-state index >= 15 is 0 Å². The lowest BCUT2D eigenvalue weighted by Gasteiger charge is -2.16. The second-order valence-corrected chi connectivity index (χ2v) is 4.53. The highest BCUT2D eigenvalue weighted by Crippen LogP contribution is 2.28. The minimum Gasteiger partial charge on any atom is -0.496 e. The highest BCUT2D eigenvalue weighted by Gasteiger charge is 2.12. The van der Waals surface area contributed by atoms with Crippen LogP contribution in [-0.4, -0.2) is 25.4 Å². The topological polar surface area (TPSA) is 38.7 Å². The van der Waals surface area contributed by atoms with E-state index in [1.165, 1.54) is 0 Å². The molecule has 1 unspecified atom stereocenters. The van der Waals surface area contributed by atoms with Crippen LogP contribution in [0.2, 0.25) is 0 Å². The van der Waals surface area contributed by atoms with Gasteiger partial charge in [0.15, 0.2) is 0 Å². The first-order valence-electron chi connectivity index (χ1n) is 6.51. The second-order valence-electron chi connectivity index (χ2n) is 4.53. The first-order chi connectivity index (χ1) is 8.60. The molecule has 1 N–H and O–H groups in total.